The number of rotatable bonds is 6. The first-order valence-corrected chi connectivity index (χ1v) is 11.4. The lowest BCUT2D eigenvalue weighted by Gasteiger charge is -2.12. The predicted molar refractivity (Wildman–Crippen MR) is 137 cm³/mol. The third-order valence-corrected chi connectivity index (χ3v) is 5.63. The summed E-state index contributed by atoms with van der Waals surface area (Å²) in [7, 11) is 0. The number of para-hydroxylation sites is 1. The summed E-state index contributed by atoms with van der Waals surface area (Å²) in [5.74, 6) is 0.609. The van der Waals surface area contributed by atoms with Crippen molar-refractivity contribution >= 4 is 17.1 Å². The quantitative estimate of drug-likeness (QED) is 0.249. The number of halogens is 3. The van der Waals surface area contributed by atoms with Crippen molar-refractivity contribution in [3.8, 4) is 17.1 Å². The highest BCUT2D eigenvalue weighted by Gasteiger charge is 2.31. The minimum atomic E-state index is -4.54. The Bertz CT molecular complexity index is 1640. The van der Waals surface area contributed by atoms with Crippen LogP contribution in [0.5, 0.6) is 5.75 Å². The van der Waals surface area contributed by atoms with Crippen molar-refractivity contribution in [3.63, 3.8) is 0 Å². The van der Waals surface area contributed by atoms with Gasteiger partial charge in [-0.15, -0.1) is 0 Å². The molecule has 184 valence electrons. The summed E-state index contributed by atoms with van der Waals surface area (Å²) in [6.45, 7) is 0.384. The van der Waals surface area contributed by atoms with E-state index in [9.17, 15) is 18.0 Å². The van der Waals surface area contributed by atoms with Crippen LogP contribution in [0.25, 0.3) is 22.3 Å². The lowest BCUT2D eigenvalue weighted by molar-refractivity contribution is -0.137. The third-order valence-electron chi connectivity index (χ3n) is 5.63. The van der Waals surface area contributed by atoms with E-state index in [1.807, 2.05) is 30.3 Å². The van der Waals surface area contributed by atoms with Crippen molar-refractivity contribution in [2.45, 2.75) is 12.8 Å². The number of aromatic nitrogens is 2. The number of hydrogen-bond donors (Lipinski definition) is 0. The Morgan fingerprint density at radius 2 is 1.62 bits per heavy atom. The van der Waals surface area contributed by atoms with Crippen LogP contribution in [0.3, 0.4) is 0 Å². The zero-order chi connectivity index (χ0) is 25.8. The van der Waals surface area contributed by atoms with E-state index in [1.165, 1.54) is 18.3 Å². The van der Waals surface area contributed by atoms with Gasteiger partial charge in [-0.2, -0.15) is 22.9 Å². The van der Waals surface area contributed by atoms with E-state index in [0.29, 0.717) is 28.8 Å². The topological polar surface area (TPSA) is 56.5 Å². The van der Waals surface area contributed by atoms with E-state index in [2.05, 4.69) is 10.1 Å². The number of benzene rings is 4. The Labute approximate surface area is 210 Å². The van der Waals surface area contributed by atoms with Crippen LogP contribution in [0.4, 0.5) is 13.2 Å². The minimum absolute atomic E-state index is 0.00234. The monoisotopic (exact) mass is 499 g/mol. The highest BCUT2D eigenvalue weighted by Crippen LogP contribution is 2.32. The molecule has 0 aliphatic carbocycles. The molecule has 1 aromatic heterocycles. The molecule has 0 aliphatic heterocycles. The highest BCUT2D eigenvalue weighted by atomic mass is 19.4. The predicted octanol–water partition coefficient (Wildman–Crippen LogP) is 6.54. The first-order valence-electron chi connectivity index (χ1n) is 11.4. The van der Waals surface area contributed by atoms with Crippen molar-refractivity contribution in [1.29, 1.82) is 0 Å². The molecule has 0 saturated heterocycles. The van der Waals surface area contributed by atoms with E-state index in [4.69, 9.17) is 4.74 Å². The summed E-state index contributed by atoms with van der Waals surface area (Å²) in [5.41, 5.74) is 0.802. The van der Waals surface area contributed by atoms with Crippen LogP contribution < -0.4 is 10.3 Å². The largest absolute Gasteiger partial charge is 0.489 e. The number of hydrogen-bond acceptors (Lipinski definition) is 4. The van der Waals surface area contributed by atoms with Gasteiger partial charge in [-0.25, -0.2) is 4.98 Å². The van der Waals surface area contributed by atoms with Crippen LogP contribution in [0.1, 0.15) is 16.7 Å². The summed E-state index contributed by atoms with van der Waals surface area (Å²) < 4.78 is 47.0. The van der Waals surface area contributed by atoms with Gasteiger partial charge in [0.2, 0.25) is 0 Å². The van der Waals surface area contributed by atoms with Gasteiger partial charge in [0.1, 0.15) is 12.4 Å². The average molecular weight is 499 g/mol. The van der Waals surface area contributed by atoms with E-state index in [0.717, 1.165) is 22.4 Å². The summed E-state index contributed by atoms with van der Waals surface area (Å²) in [6.07, 6.45) is -3.09. The Kier molecular flexibility index (Phi) is 6.55. The van der Waals surface area contributed by atoms with Crippen molar-refractivity contribution in [2.75, 3.05) is 0 Å². The molecule has 0 spiro atoms. The second-order valence-electron chi connectivity index (χ2n) is 8.24. The highest BCUT2D eigenvalue weighted by molar-refractivity contribution is 5.82. The summed E-state index contributed by atoms with van der Waals surface area (Å²) in [6, 6.07) is 28.1. The van der Waals surface area contributed by atoms with Crippen LogP contribution in [0.15, 0.2) is 113 Å². The van der Waals surface area contributed by atoms with Gasteiger partial charge in [-0.1, -0.05) is 66.7 Å². The molecule has 0 saturated carbocycles. The fraction of sp³-hybridized carbons (Fsp3) is 0.0690. The first-order chi connectivity index (χ1) is 17.9. The smallest absolute Gasteiger partial charge is 0.416 e. The summed E-state index contributed by atoms with van der Waals surface area (Å²) >= 11 is 0. The Hall–Kier alpha value is -4.72. The molecule has 0 aliphatic rings. The fourth-order valence-corrected chi connectivity index (χ4v) is 3.80. The number of ether oxygens (including phenoxy) is 1. The second-order valence-corrected chi connectivity index (χ2v) is 8.24. The van der Waals surface area contributed by atoms with Crippen molar-refractivity contribution in [3.05, 3.63) is 130 Å². The van der Waals surface area contributed by atoms with E-state index >= 15 is 0 Å². The Balaban J connectivity index is 1.53. The van der Waals surface area contributed by atoms with E-state index < -0.39 is 17.3 Å². The standard InChI is InChI=1S/C29H20F3N3O2/c30-29(31,32)23-12-7-11-22(17-23)27-34-26-15-5-4-14-25(26)28(36)35(27)33-18-21-10-6-13-24(16-21)37-19-20-8-2-1-3-9-20/h1-18H,19H2. The van der Waals surface area contributed by atoms with Crippen LogP contribution >= 0.6 is 0 Å². The van der Waals surface area contributed by atoms with Crippen LogP contribution in [-0.4, -0.2) is 15.9 Å². The molecule has 0 atom stereocenters. The van der Waals surface area contributed by atoms with Gasteiger partial charge in [0.25, 0.3) is 5.56 Å². The third kappa shape index (κ3) is 5.43. The van der Waals surface area contributed by atoms with Gasteiger partial charge in [0.05, 0.1) is 22.7 Å². The van der Waals surface area contributed by atoms with Gasteiger partial charge >= 0.3 is 6.18 Å². The first kappa shape index (κ1) is 24.0. The molecule has 1 heterocycles. The lowest BCUT2D eigenvalue weighted by Crippen LogP contribution is -2.20. The summed E-state index contributed by atoms with van der Waals surface area (Å²) in [5, 5.41) is 4.63. The van der Waals surface area contributed by atoms with Crippen LogP contribution in [0, 0.1) is 0 Å². The van der Waals surface area contributed by atoms with Gasteiger partial charge < -0.3 is 4.74 Å². The van der Waals surface area contributed by atoms with Crippen molar-refractivity contribution < 1.29 is 17.9 Å². The van der Waals surface area contributed by atoms with Crippen molar-refractivity contribution in [2.24, 2.45) is 5.10 Å². The van der Waals surface area contributed by atoms with Gasteiger partial charge in [-0.3, -0.25) is 4.79 Å². The molecule has 0 N–H and O–H groups in total. The molecule has 0 amide bonds. The second kappa shape index (κ2) is 10.1. The van der Waals surface area contributed by atoms with Gasteiger partial charge in [-0.05, 0) is 47.5 Å². The zero-order valence-electron chi connectivity index (χ0n) is 19.4. The normalized spacial score (nSPS) is 11.8. The fourth-order valence-electron chi connectivity index (χ4n) is 3.80. The van der Waals surface area contributed by atoms with Crippen LogP contribution in [0.2, 0.25) is 0 Å². The maximum Gasteiger partial charge on any atom is 0.416 e. The van der Waals surface area contributed by atoms with Crippen LogP contribution in [-0.2, 0) is 12.8 Å². The van der Waals surface area contributed by atoms with E-state index in [-0.39, 0.29) is 11.4 Å². The molecule has 37 heavy (non-hydrogen) atoms. The van der Waals surface area contributed by atoms with Crippen molar-refractivity contribution in [1.82, 2.24) is 9.66 Å². The number of nitrogens with zero attached hydrogens (tertiary/aromatic N) is 3. The molecular weight excluding hydrogens is 479 g/mol. The molecule has 0 bridgehead atoms. The average Bonchev–Trinajstić information content (AvgIpc) is 2.92. The number of fused-ring (bicyclic) bond motifs is 1. The molecule has 5 rings (SSSR count). The molecule has 8 heteroatoms. The molecular formula is C29H20F3N3O2. The minimum Gasteiger partial charge on any atom is -0.489 e. The zero-order valence-corrected chi connectivity index (χ0v) is 19.4. The summed E-state index contributed by atoms with van der Waals surface area (Å²) in [4.78, 5) is 17.8. The van der Waals surface area contributed by atoms with Gasteiger partial charge in [0, 0.05) is 5.56 Å². The molecule has 0 radical (unpaired) electrons. The van der Waals surface area contributed by atoms with Gasteiger partial charge in [0.15, 0.2) is 5.82 Å². The number of alkyl halides is 3. The molecule has 0 unspecified atom stereocenters. The maximum atomic E-state index is 13.4. The molecule has 0 fully saturated rings. The lowest BCUT2D eigenvalue weighted by atomic mass is 10.1. The Morgan fingerprint density at radius 3 is 2.43 bits per heavy atom. The maximum absolute atomic E-state index is 13.4. The van der Waals surface area contributed by atoms with E-state index in [1.54, 1.807) is 48.5 Å². The Morgan fingerprint density at radius 1 is 0.865 bits per heavy atom. The molecule has 4 aromatic carbocycles. The molecule has 5 aromatic rings. The SMILES string of the molecule is O=c1c2ccccc2nc(-c2cccc(C(F)(F)F)c2)n1N=Cc1cccc(OCc2ccccc2)c1. The molecule has 5 nitrogen and oxygen atoms in total.